The maximum atomic E-state index is 12.9. The second-order valence-corrected chi connectivity index (χ2v) is 7.35. The van der Waals surface area contributed by atoms with Gasteiger partial charge < -0.3 is 25.4 Å². The molecule has 3 aromatic rings. The number of aromatic carboxylic acids is 1. The lowest BCUT2D eigenvalue weighted by molar-refractivity contribution is -0.148. The molecule has 0 spiro atoms. The van der Waals surface area contributed by atoms with E-state index >= 15 is 0 Å². The fourth-order valence-corrected chi connectivity index (χ4v) is 3.44. The van der Waals surface area contributed by atoms with Crippen LogP contribution in [0.3, 0.4) is 0 Å². The van der Waals surface area contributed by atoms with Crippen LogP contribution in [0.4, 0.5) is 0 Å². The summed E-state index contributed by atoms with van der Waals surface area (Å²) in [4.78, 5) is 36.0. The Labute approximate surface area is 190 Å². The molecule has 0 aliphatic heterocycles. The first kappa shape index (κ1) is 23.5. The van der Waals surface area contributed by atoms with Gasteiger partial charge in [0.15, 0.2) is 6.10 Å². The highest BCUT2D eigenvalue weighted by Gasteiger charge is 2.28. The average Bonchev–Trinajstić information content (AvgIpc) is 2.83. The largest absolute Gasteiger partial charge is 0.497 e. The number of carbonyl (C=O) groups is 3. The Bertz CT molecular complexity index is 1160. The first-order valence-electron chi connectivity index (χ1n) is 10.1. The summed E-state index contributed by atoms with van der Waals surface area (Å²) in [7, 11) is 1.46. The normalized spacial score (nSPS) is 12.4. The number of hydrogen-bond donors (Lipinski definition) is 4. The van der Waals surface area contributed by atoms with Crippen LogP contribution < -0.4 is 10.1 Å². The zero-order valence-corrected chi connectivity index (χ0v) is 17.8. The molecule has 170 valence electrons. The topological polar surface area (TPSA) is 133 Å². The fraction of sp³-hybridized carbons (Fsp3) is 0.160. The molecule has 2 atom stereocenters. The zero-order valence-electron chi connectivity index (χ0n) is 17.8. The van der Waals surface area contributed by atoms with Gasteiger partial charge in [0.1, 0.15) is 5.75 Å². The summed E-state index contributed by atoms with van der Waals surface area (Å²) in [5.74, 6) is -2.72. The van der Waals surface area contributed by atoms with Crippen LogP contribution in [-0.4, -0.2) is 52.4 Å². The second kappa shape index (κ2) is 10.4. The van der Waals surface area contributed by atoms with Gasteiger partial charge in [-0.15, -0.1) is 0 Å². The molecule has 0 bridgehead atoms. The Morgan fingerprint density at radius 3 is 2.30 bits per heavy atom. The lowest BCUT2D eigenvalue weighted by Gasteiger charge is -2.22. The van der Waals surface area contributed by atoms with Gasteiger partial charge in [-0.25, -0.2) is 9.59 Å². The molecule has 0 aromatic heterocycles. The van der Waals surface area contributed by atoms with Gasteiger partial charge in [-0.3, -0.25) is 4.79 Å². The van der Waals surface area contributed by atoms with Crippen molar-refractivity contribution < 1.29 is 34.4 Å². The summed E-state index contributed by atoms with van der Waals surface area (Å²) in [6, 6.07) is 18.6. The molecule has 4 N–H and O–H groups in total. The maximum Gasteiger partial charge on any atom is 0.336 e. The molecule has 3 aromatic carbocycles. The van der Waals surface area contributed by atoms with Crippen molar-refractivity contribution in [1.82, 2.24) is 5.32 Å². The molecule has 8 heteroatoms. The average molecular weight is 449 g/mol. The monoisotopic (exact) mass is 449 g/mol. The Morgan fingerprint density at radius 2 is 1.67 bits per heavy atom. The summed E-state index contributed by atoms with van der Waals surface area (Å²) in [6.45, 7) is 0. The maximum absolute atomic E-state index is 12.9. The first-order valence-corrected chi connectivity index (χ1v) is 10.1. The number of aliphatic hydroxyl groups is 1. The van der Waals surface area contributed by atoms with Crippen molar-refractivity contribution in [1.29, 1.82) is 0 Å². The summed E-state index contributed by atoms with van der Waals surface area (Å²) < 4.78 is 5.19. The first-order chi connectivity index (χ1) is 15.8. The zero-order chi connectivity index (χ0) is 24.0. The van der Waals surface area contributed by atoms with Crippen molar-refractivity contribution in [2.24, 2.45) is 0 Å². The molecule has 0 radical (unpaired) electrons. The van der Waals surface area contributed by atoms with Crippen molar-refractivity contribution >= 4 is 17.8 Å². The Hall–Kier alpha value is -4.17. The van der Waals surface area contributed by atoms with Gasteiger partial charge in [-0.1, -0.05) is 42.5 Å². The number of carboxylic acids is 2. The molecule has 0 saturated carbocycles. The molecule has 0 heterocycles. The molecule has 3 rings (SSSR count). The molecule has 8 nitrogen and oxygen atoms in total. The van der Waals surface area contributed by atoms with Crippen LogP contribution in [0, 0.1) is 0 Å². The number of rotatable bonds is 9. The third kappa shape index (κ3) is 5.75. The lowest BCUT2D eigenvalue weighted by atomic mass is 9.97. The van der Waals surface area contributed by atoms with Crippen LogP contribution in [0.25, 0.3) is 11.1 Å². The van der Waals surface area contributed by atoms with Crippen LogP contribution in [-0.2, 0) is 11.2 Å². The van der Waals surface area contributed by atoms with E-state index in [1.54, 1.807) is 48.5 Å². The quantitative estimate of drug-likeness (QED) is 0.395. The van der Waals surface area contributed by atoms with E-state index < -0.39 is 30.0 Å². The van der Waals surface area contributed by atoms with Crippen LogP contribution in [0.5, 0.6) is 5.75 Å². The van der Waals surface area contributed by atoms with Crippen molar-refractivity contribution in [2.75, 3.05) is 7.11 Å². The highest BCUT2D eigenvalue weighted by atomic mass is 16.5. The number of carboxylic acid groups (broad SMARTS) is 2. The smallest absolute Gasteiger partial charge is 0.336 e. The number of ether oxygens (including phenoxy) is 1. The minimum Gasteiger partial charge on any atom is -0.497 e. The Kier molecular flexibility index (Phi) is 7.42. The molecule has 33 heavy (non-hydrogen) atoms. The summed E-state index contributed by atoms with van der Waals surface area (Å²) in [5.41, 5.74) is 1.80. The van der Waals surface area contributed by atoms with E-state index in [2.05, 4.69) is 5.32 Å². The van der Waals surface area contributed by atoms with Crippen LogP contribution in [0.15, 0.2) is 72.8 Å². The molecule has 0 aliphatic rings. The summed E-state index contributed by atoms with van der Waals surface area (Å²) in [5, 5.41) is 31.5. The number of methoxy groups -OCH3 is 1. The standard InChI is InChI=1S/C25H23NO7/c1-33-18-10-11-19(24(29)30)20(14-18)16-8-5-9-17(13-16)23(28)26-21(22(27)25(31)32)12-15-6-3-2-4-7-15/h2-11,13-14,21-22,27H,12H2,1H3,(H,26,28)(H,29,30)(H,31,32). The number of amides is 1. The fourth-order valence-electron chi connectivity index (χ4n) is 3.44. The number of benzene rings is 3. The molecule has 0 fully saturated rings. The van der Waals surface area contributed by atoms with Crippen molar-refractivity contribution in [3.05, 3.63) is 89.5 Å². The third-order valence-corrected chi connectivity index (χ3v) is 5.14. The number of carbonyl (C=O) groups excluding carboxylic acids is 1. The number of aliphatic carboxylic acids is 1. The Balaban J connectivity index is 1.91. The predicted molar refractivity (Wildman–Crippen MR) is 120 cm³/mol. The molecule has 1 amide bonds. The molecular weight excluding hydrogens is 426 g/mol. The number of aliphatic hydroxyl groups excluding tert-OH is 1. The molecule has 2 unspecified atom stereocenters. The van der Waals surface area contributed by atoms with E-state index in [4.69, 9.17) is 4.74 Å². The van der Waals surface area contributed by atoms with E-state index in [9.17, 15) is 29.7 Å². The van der Waals surface area contributed by atoms with Crippen LogP contribution in [0.2, 0.25) is 0 Å². The van der Waals surface area contributed by atoms with Crippen LogP contribution >= 0.6 is 0 Å². The van der Waals surface area contributed by atoms with Gasteiger partial charge in [0, 0.05) is 5.56 Å². The molecule has 0 aliphatic carbocycles. The molecular formula is C25H23NO7. The summed E-state index contributed by atoms with van der Waals surface area (Å²) in [6.07, 6.45) is -1.70. The van der Waals surface area contributed by atoms with E-state index in [1.807, 2.05) is 0 Å². The van der Waals surface area contributed by atoms with E-state index in [1.165, 1.54) is 31.4 Å². The highest BCUT2D eigenvalue weighted by molar-refractivity contribution is 5.99. The van der Waals surface area contributed by atoms with Gasteiger partial charge in [-0.2, -0.15) is 0 Å². The molecule has 0 saturated heterocycles. The van der Waals surface area contributed by atoms with E-state index in [0.29, 0.717) is 16.9 Å². The highest BCUT2D eigenvalue weighted by Crippen LogP contribution is 2.29. The number of nitrogens with one attached hydrogen (secondary N) is 1. The lowest BCUT2D eigenvalue weighted by Crippen LogP contribution is -2.48. The van der Waals surface area contributed by atoms with Gasteiger partial charge >= 0.3 is 11.9 Å². The second-order valence-electron chi connectivity index (χ2n) is 7.35. The number of hydrogen-bond acceptors (Lipinski definition) is 5. The van der Waals surface area contributed by atoms with Gasteiger partial charge in [0.05, 0.1) is 18.7 Å². The van der Waals surface area contributed by atoms with Gasteiger partial charge in [0.2, 0.25) is 0 Å². The van der Waals surface area contributed by atoms with E-state index in [-0.39, 0.29) is 17.5 Å². The van der Waals surface area contributed by atoms with Crippen molar-refractivity contribution in [2.45, 2.75) is 18.6 Å². The third-order valence-electron chi connectivity index (χ3n) is 5.14. The van der Waals surface area contributed by atoms with Gasteiger partial charge in [-0.05, 0) is 53.4 Å². The van der Waals surface area contributed by atoms with Crippen molar-refractivity contribution in [3.8, 4) is 16.9 Å². The minimum atomic E-state index is -1.81. The Morgan fingerprint density at radius 1 is 0.939 bits per heavy atom. The van der Waals surface area contributed by atoms with E-state index in [0.717, 1.165) is 5.56 Å². The minimum absolute atomic E-state index is 0.0385. The SMILES string of the molecule is COc1ccc(C(=O)O)c(-c2cccc(C(=O)NC(Cc3ccccc3)C(O)C(=O)O)c2)c1. The predicted octanol–water partition coefficient (Wildman–Crippen LogP) is 2.85. The van der Waals surface area contributed by atoms with Crippen molar-refractivity contribution in [3.63, 3.8) is 0 Å². The van der Waals surface area contributed by atoms with Gasteiger partial charge in [0.25, 0.3) is 5.91 Å². The van der Waals surface area contributed by atoms with Crippen LogP contribution in [0.1, 0.15) is 26.3 Å². The summed E-state index contributed by atoms with van der Waals surface area (Å²) >= 11 is 0.